The molecule has 0 aliphatic heterocycles. The molecule has 0 rings (SSSR count). The van der Waals surface area contributed by atoms with E-state index >= 15 is 0 Å². The number of rotatable bonds is 52. The summed E-state index contributed by atoms with van der Waals surface area (Å²) >= 11 is 0. The van der Waals surface area contributed by atoms with Gasteiger partial charge in [-0.15, -0.1) is 0 Å². The first-order valence-corrected chi connectivity index (χ1v) is 28.5. The summed E-state index contributed by atoms with van der Waals surface area (Å²) in [5.74, 6) is -0.882. The maximum atomic E-state index is 12.8. The molecule has 0 N–H and O–H groups in total. The smallest absolute Gasteiger partial charge is 0.306 e. The summed E-state index contributed by atoms with van der Waals surface area (Å²) in [5.41, 5.74) is 0. The summed E-state index contributed by atoms with van der Waals surface area (Å²) in [6.07, 6.45) is 64.1. The summed E-state index contributed by atoms with van der Waals surface area (Å²) in [5, 5.41) is 0. The third kappa shape index (κ3) is 52.5. The summed E-state index contributed by atoms with van der Waals surface area (Å²) in [6.45, 7) is 6.63. The molecule has 0 saturated carbocycles. The van der Waals surface area contributed by atoms with Gasteiger partial charge in [0.05, 0.1) is 0 Å². The van der Waals surface area contributed by atoms with Crippen molar-refractivity contribution in [3.05, 3.63) is 36.5 Å². The Hall–Kier alpha value is -2.37. The van der Waals surface area contributed by atoms with Gasteiger partial charge in [0.25, 0.3) is 0 Å². The van der Waals surface area contributed by atoms with Crippen molar-refractivity contribution in [2.45, 2.75) is 309 Å². The first-order chi connectivity index (χ1) is 32.0. The van der Waals surface area contributed by atoms with Crippen molar-refractivity contribution in [2.24, 2.45) is 0 Å². The van der Waals surface area contributed by atoms with E-state index in [0.717, 1.165) is 70.6 Å². The molecule has 0 aromatic rings. The minimum absolute atomic E-state index is 0.0778. The summed E-state index contributed by atoms with van der Waals surface area (Å²) in [7, 11) is 0. The normalized spacial score (nSPS) is 12.2. The second kappa shape index (κ2) is 54.2. The van der Waals surface area contributed by atoms with Gasteiger partial charge < -0.3 is 14.2 Å². The zero-order valence-corrected chi connectivity index (χ0v) is 43.5. The number of carbonyl (C=O) groups is 3. The lowest BCUT2D eigenvalue weighted by Gasteiger charge is -2.18. The maximum absolute atomic E-state index is 12.8. The number of allylic oxidation sites excluding steroid dienone is 6. The molecule has 65 heavy (non-hydrogen) atoms. The Balaban J connectivity index is 4.35. The lowest BCUT2D eigenvalue weighted by atomic mass is 10.1. The van der Waals surface area contributed by atoms with Crippen molar-refractivity contribution in [1.82, 2.24) is 0 Å². The van der Waals surface area contributed by atoms with Gasteiger partial charge in [-0.1, -0.05) is 224 Å². The molecule has 0 aromatic heterocycles. The fourth-order valence-electron chi connectivity index (χ4n) is 8.25. The average molecular weight is 914 g/mol. The van der Waals surface area contributed by atoms with E-state index in [1.54, 1.807) is 0 Å². The van der Waals surface area contributed by atoms with E-state index in [2.05, 4.69) is 57.2 Å². The van der Waals surface area contributed by atoms with Gasteiger partial charge in [-0.05, 0) is 96.3 Å². The number of unbranched alkanes of at least 4 members (excludes halogenated alkanes) is 35. The molecule has 0 heterocycles. The Kier molecular flexibility index (Phi) is 52.3. The summed E-state index contributed by atoms with van der Waals surface area (Å²) in [4.78, 5) is 38.1. The molecule has 0 aromatic carbocycles. The predicted molar refractivity (Wildman–Crippen MR) is 279 cm³/mol. The number of hydrogen-bond acceptors (Lipinski definition) is 6. The molecule has 0 radical (unpaired) electrons. The van der Waals surface area contributed by atoms with Gasteiger partial charge in [-0.2, -0.15) is 0 Å². The first-order valence-electron chi connectivity index (χ1n) is 28.5. The van der Waals surface area contributed by atoms with Crippen molar-refractivity contribution >= 4 is 17.9 Å². The van der Waals surface area contributed by atoms with Gasteiger partial charge >= 0.3 is 17.9 Å². The van der Waals surface area contributed by atoms with Crippen LogP contribution in [-0.4, -0.2) is 37.2 Å². The van der Waals surface area contributed by atoms with Crippen LogP contribution in [0.5, 0.6) is 0 Å². The molecule has 0 aliphatic carbocycles. The zero-order valence-electron chi connectivity index (χ0n) is 43.5. The third-order valence-electron chi connectivity index (χ3n) is 12.6. The predicted octanol–water partition coefficient (Wildman–Crippen LogP) is 18.9. The lowest BCUT2D eigenvalue weighted by molar-refractivity contribution is -0.167. The van der Waals surface area contributed by atoms with Gasteiger partial charge in [0.2, 0.25) is 0 Å². The Labute approximate surface area is 404 Å². The molecule has 0 amide bonds. The minimum atomic E-state index is -0.778. The fraction of sp³-hybridized carbons (Fsp3) is 0.847. The molecule has 0 unspecified atom stereocenters. The van der Waals surface area contributed by atoms with Crippen LogP contribution < -0.4 is 0 Å². The van der Waals surface area contributed by atoms with Gasteiger partial charge in [0.15, 0.2) is 6.10 Å². The van der Waals surface area contributed by atoms with Gasteiger partial charge in [-0.3, -0.25) is 14.4 Å². The fourth-order valence-corrected chi connectivity index (χ4v) is 8.25. The highest BCUT2D eigenvalue weighted by atomic mass is 16.6. The van der Waals surface area contributed by atoms with Crippen LogP contribution in [0.1, 0.15) is 303 Å². The van der Waals surface area contributed by atoms with Crippen LogP contribution in [0.25, 0.3) is 0 Å². The molecule has 0 fully saturated rings. The summed E-state index contributed by atoms with van der Waals surface area (Å²) in [6, 6.07) is 0. The Morgan fingerprint density at radius 3 is 0.785 bits per heavy atom. The second-order valence-electron chi connectivity index (χ2n) is 19.2. The quantitative estimate of drug-likeness (QED) is 0.0262. The molecule has 0 spiro atoms. The van der Waals surface area contributed by atoms with Crippen molar-refractivity contribution in [1.29, 1.82) is 0 Å². The van der Waals surface area contributed by atoms with Crippen LogP contribution >= 0.6 is 0 Å². The summed E-state index contributed by atoms with van der Waals surface area (Å²) < 4.78 is 16.8. The lowest BCUT2D eigenvalue weighted by Crippen LogP contribution is -2.30. The topological polar surface area (TPSA) is 78.9 Å². The van der Waals surface area contributed by atoms with E-state index in [9.17, 15) is 14.4 Å². The van der Waals surface area contributed by atoms with Crippen LogP contribution in [0.15, 0.2) is 36.5 Å². The number of carbonyl (C=O) groups excluding carboxylic acids is 3. The molecule has 0 bridgehead atoms. The maximum Gasteiger partial charge on any atom is 0.306 e. The molecule has 380 valence electrons. The molecule has 0 aliphatic rings. The number of hydrogen-bond donors (Lipinski definition) is 0. The van der Waals surface area contributed by atoms with Crippen LogP contribution in [0.2, 0.25) is 0 Å². The highest BCUT2D eigenvalue weighted by molar-refractivity contribution is 5.71. The molecule has 6 heteroatoms. The van der Waals surface area contributed by atoms with E-state index in [1.165, 1.54) is 193 Å². The second-order valence-corrected chi connectivity index (χ2v) is 19.2. The Bertz CT molecular complexity index is 1090. The Morgan fingerprint density at radius 2 is 0.508 bits per heavy atom. The standard InChI is InChI=1S/C59H108O6/c1-4-7-10-13-16-19-22-25-27-28-29-30-32-35-38-41-44-47-50-53-59(62)65-56(54-63-57(60)51-48-45-42-39-36-33-24-21-18-15-12-9-6-3)55-64-58(61)52-49-46-43-40-37-34-31-26-23-20-17-14-11-8-5-2/h21,24-27,31,56H,4-20,22-23,28-30,32-55H2,1-3H3/b24-21-,27-25-,31-26-/t56-/m0/s1. The van der Waals surface area contributed by atoms with Crippen LogP contribution in [0.3, 0.4) is 0 Å². The van der Waals surface area contributed by atoms with E-state index < -0.39 is 6.10 Å². The number of esters is 3. The van der Waals surface area contributed by atoms with Gasteiger partial charge in [0, 0.05) is 19.3 Å². The molecular formula is C59H108O6. The molecule has 6 nitrogen and oxygen atoms in total. The average Bonchev–Trinajstić information content (AvgIpc) is 3.30. The highest BCUT2D eigenvalue weighted by Gasteiger charge is 2.19. The highest BCUT2D eigenvalue weighted by Crippen LogP contribution is 2.15. The van der Waals surface area contributed by atoms with E-state index in [1.807, 2.05) is 0 Å². The third-order valence-corrected chi connectivity index (χ3v) is 12.6. The molecule has 1 atom stereocenters. The first kappa shape index (κ1) is 62.6. The van der Waals surface area contributed by atoms with Crippen LogP contribution in [0, 0.1) is 0 Å². The van der Waals surface area contributed by atoms with Gasteiger partial charge in [-0.25, -0.2) is 0 Å². The number of ether oxygens (including phenoxy) is 3. The Morgan fingerprint density at radius 1 is 0.292 bits per heavy atom. The van der Waals surface area contributed by atoms with Gasteiger partial charge in [0.1, 0.15) is 13.2 Å². The van der Waals surface area contributed by atoms with Crippen molar-refractivity contribution < 1.29 is 28.6 Å². The minimum Gasteiger partial charge on any atom is -0.462 e. The monoisotopic (exact) mass is 913 g/mol. The van der Waals surface area contributed by atoms with E-state index in [0.29, 0.717) is 19.3 Å². The molecular weight excluding hydrogens is 805 g/mol. The van der Waals surface area contributed by atoms with E-state index in [4.69, 9.17) is 14.2 Å². The van der Waals surface area contributed by atoms with Crippen molar-refractivity contribution in [3.8, 4) is 0 Å². The SMILES string of the molecule is CCCCCC/C=C\CCCCCCCC(=O)OC[C@@H](COC(=O)CCCCCCC/C=C\CCCCCCCC)OC(=O)CCCCCCCCCCC/C=C\CCCCCCCC. The van der Waals surface area contributed by atoms with E-state index in [-0.39, 0.29) is 31.1 Å². The van der Waals surface area contributed by atoms with Crippen molar-refractivity contribution in [2.75, 3.05) is 13.2 Å². The largest absolute Gasteiger partial charge is 0.462 e. The van der Waals surface area contributed by atoms with Crippen LogP contribution in [-0.2, 0) is 28.6 Å². The van der Waals surface area contributed by atoms with Crippen molar-refractivity contribution in [3.63, 3.8) is 0 Å². The van der Waals surface area contributed by atoms with Crippen LogP contribution in [0.4, 0.5) is 0 Å². The zero-order chi connectivity index (χ0) is 47.2. The molecule has 0 saturated heterocycles.